The van der Waals surface area contributed by atoms with Crippen molar-refractivity contribution in [2.24, 2.45) is 0 Å². The van der Waals surface area contributed by atoms with Gasteiger partial charge in [-0.1, -0.05) is 11.1 Å². The Bertz CT molecular complexity index is 90.7. The highest BCUT2D eigenvalue weighted by atomic mass is 31.1. The smallest absolute Gasteiger partial charge is 0.0139 e. The molecule has 0 radical (unpaired) electrons. The molecule has 40 valence electrons. The van der Waals surface area contributed by atoms with Gasteiger partial charge in [-0.15, -0.1) is 8.58 Å². The van der Waals surface area contributed by atoms with Gasteiger partial charge in [0.2, 0.25) is 0 Å². The molecular weight excluding hydrogens is 103 g/mol. The van der Waals surface area contributed by atoms with Crippen LogP contribution >= 0.6 is 8.58 Å². The van der Waals surface area contributed by atoms with Gasteiger partial charge in [-0.3, -0.25) is 0 Å². The van der Waals surface area contributed by atoms with Gasteiger partial charge in [0.1, 0.15) is 0 Å². The second-order valence-corrected chi connectivity index (χ2v) is 3.37. The summed E-state index contributed by atoms with van der Waals surface area (Å²) in [6.45, 7) is 4.49. The highest BCUT2D eigenvalue weighted by Gasteiger charge is 2.03. The van der Waals surface area contributed by atoms with Crippen LogP contribution in [0.5, 0.6) is 0 Å². The third kappa shape index (κ3) is 1.04. The van der Waals surface area contributed by atoms with E-state index in [1.54, 1.807) is 11.1 Å². The lowest BCUT2D eigenvalue weighted by molar-refractivity contribution is 1.29. The van der Waals surface area contributed by atoms with Gasteiger partial charge in [0.05, 0.1) is 0 Å². The molecule has 0 atom stereocenters. The Morgan fingerprint density at radius 2 is 1.57 bits per heavy atom. The molecule has 1 aliphatic heterocycles. The maximum Gasteiger partial charge on any atom is -0.0139 e. The van der Waals surface area contributed by atoms with Gasteiger partial charge in [-0.2, -0.15) is 0 Å². The van der Waals surface area contributed by atoms with Gasteiger partial charge in [0.15, 0.2) is 0 Å². The van der Waals surface area contributed by atoms with Crippen molar-refractivity contribution in [1.82, 2.24) is 0 Å². The fourth-order valence-corrected chi connectivity index (χ4v) is 2.22. The van der Waals surface area contributed by atoms with Crippen LogP contribution in [0.15, 0.2) is 11.1 Å². The third-order valence-electron chi connectivity index (χ3n) is 1.51. The molecule has 1 aliphatic rings. The van der Waals surface area contributed by atoms with E-state index in [2.05, 4.69) is 13.8 Å². The zero-order valence-corrected chi connectivity index (χ0v) is 5.91. The van der Waals surface area contributed by atoms with Gasteiger partial charge in [0, 0.05) is 0 Å². The van der Waals surface area contributed by atoms with Crippen LogP contribution in [0.4, 0.5) is 0 Å². The van der Waals surface area contributed by atoms with Crippen molar-refractivity contribution in [1.29, 1.82) is 0 Å². The van der Waals surface area contributed by atoms with Crippen LogP contribution in [-0.4, -0.2) is 12.3 Å². The van der Waals surface area contributed by atoms with Gasteiger partial charge < -0.3 is 0 Å². The molecule has 1 rings (SSSR count). The largest absolute Gasteiger partial charge is 0.114 e. The van der Waals surface area contributed by atoms with E-state index in [0.29, 0.717) is 0 Å². The molecule has 1 heteroatoms. The first-order valence-electron chi connectivity index (χ1n) is 2.66. The van der Waals surface area contributed by atoms with E-state index in [4.69, 9.17) is 0 Å². The molecule has 0 aromatic carbocycles. The molecule has 0 saturated heterocycles. The average molecular weight is 114 g/mol. The monoisotopic (exact) mass is 114 g/mol. The summed E-state index contributed by atoms with van der Waals surface area (Å²) in [7, 11) is 1.20. The Balaban J connectivity index is 2.64. The molecule has 0 aliphatic carbocycles. The lowest BCUT2D eigenvalue weighted by atomic mass is 10.2. The van der Waals surface area contributed by atoms with E-state index in [1.807, 2.05) is 0 Å². The molecule has 0 aromatic rings. The van der Waals surface area contributed by atoms with Crippen molar-refractivity contribution in [3.8, 4) is 0 Å². The third-order valence-corrected chi connectivity index (χ3v) is 3.07. The fourth-order valence-electron chi connectivity index (χ4n) is 0.739. The molecule has 1 heterocycles. The molecule has 0 saturated carbocycles. The quantitative estimate of drug-likeness (QED) is 0.334. The van der Waals surface area contributed by atoms with Crippen molar-refractivity contribution < 1.29 is 0 Å². The zero-order chi connectivity index (χ0) is 5.28. The van der Waals surface area contributed by atoms with Crippen LogP contribution in [0.3, 0.4) is 0 Å². The van der Waals surface area contributed by atoms with Gasteiger partial charge in [0.25, 0.3) is 0 Å². The SMILES string of the molecule is CC1=C(C)CPC1. The van der Waals surface area contributed by atoms with Crippen molar-refractivity contribution in [2.75, 3.05) is 12.3 Å². The van der Waals surface area contributed by atoms with E-state index in [-0.39, 0.29) is 0 Å². The first-order valence-corrected chi connectivity index (χ1v) is 4.08. The Morgan fingerprint density at radius 3 is 1.71 bits per heavy atom. The normalized spacial score (nSPS) is 21.4. The highest BCUT2D eigenvalue weighted by Crippen LogP contribution is 2.28. The standard InChI is InChI=1S/C6H11P/c1-5-3-7-4-6(5)2/h7H,3-4H2,1-2H3. The van der Waals surface area contributed by atoms with E-state index in [1.165, 1.54) is 20.9 Å². The van der Waals surface area contributed by atoms with Crippen LogP contribution in [0, 0.1) is 0 Å². The van der Waals surface area contributed by atoms with E-state index >= 15 is 0 Å². The summed E-state index contributed by atoms with van der Waals surface area (Å²) in [5, 5.41) is 0. The van der Waals surface area contributed by atoms with Crippen LogP contribution in [0.1, 0.15) is 13.8 Å². The fraction of sp³-hybridized carbons (Fsp3) is 0.667. The van der Waals surface area contributed by atoms with Crippen LogP contribution < -0.4 is 0 Å². The van der Waals surface area contributed by atoms with Crippen molar-refractivity contribution in [3.05, 3.63) is 11.1 Å². The lowest BCUT2D eigenvalue weighted by Gasteiger charge is -1.86. The summed E-state index contributed by atoms with van der Waals surface area (Å²) >= 11 is 0. The molecule has 0 spiro atoms. The second-order valence-electron chi connectivity index (χ2n) is 2.16. The Labute approximate surface area is 46.8 Å². The minimum atomic E-state index is 1.20. The molecule has 0 aromatic heterocycles. The van der Waals surface area contributed by atoms with Gasteiger partial charge in [-0.25, -0.2) is 0 Å². The summed E-state index contributed by atoms with van der Waals surface area (Å²) in [5.74, 6) is 0. The van der Waals surface area contributed by atoms with Gasteiger partial charge in [-0.05, 0) is 26.2 Å². The summed E-state index contributed by atoms with van der Waals surface area (Å²) in [6.07, 6.45) is 2.76. The zero-order valence-electron chi connectivity index (χ0n) is 4.91. The van der Waals surface area contributed by atoms with Crippen molar-refractivity contribution in [2.45, 2.75) is 13.8 Å². The maximum absolute atomic E-state index is 2.25. The number of hydrogen-bond acceptors (Lipinski definition) is 0. The van der Waals surface area contributed by atoms with Crippen molar-refractivity contribution >= 4 is 8.58 Å². The minimum absolute atomic E-state index is 1.20. The van der Waals surface area contributed by atoms with Crippen LogP contribution in [-0.2, 0) is 0 Å². The van der Waals surface area contributed by atoms with Crippen molar-refractivity contribution in [3.63, 3.8) is 0 Å². The summed E-state index contributed by atoms with van der Waals surface area (Å²) in [5.41, 5.74) is 3.27. The second kappa shape index (κ2) is 1.96. The Hall–Kier alpha value is 0.170. The lowest BCUT2D eigenvalue weighted by Crippen LogP contribution is -1.74. The van der Waals surface area contributed by atoms with E-state index in [0.717, 1.165) is 0 Å². The molecule has 0 unspecified atom stereocenters. The number of allylic oxidation sites excluding steroid dienone is 2. The van der Waals surface area contributed by atoms with E-state index in [9.17, 15) is 0 Å². The number of hydrogen-bond donors (Lipinski definition) is 0. The summed E-state index contributed by atoms with van der Waals surface area (Å²) in [6, 6.07) is 0. The highest BCUT2D eigenvalue weighted by molar-refractivity contribution is 7.39. The summed E-state index contributed by atoms with van der Waals surface area (Å²) in [4.78, 5) is 0. The molecule has 0 bridgehead atoms. The van der Waals surface area contributed by atoms with Gasteiger partial charge >= 0.3 is 0 Å². The molecule has 7 heavy (non-hydrogen) atoms. The molecule has 0 N–H and O–H groups in total. The molecule has 0 fully saturated rings. The predicted molar refractivity (Wildman–Crippen MR) is 36.4 cm³/mol. The molecule has 0 amide bonds. The first kappa shape index (κ1) is 5.31. The number of rotatable bonds is 0. The average Bonchev–Trinajstić information content (AvgIpc) is 1.91. The molecular formula is C6H11P. The minimum Gasteiger partial charge on any atom is -0.114 e. The molecule has 0 nitrogen and oxygen atoms in total. The Kier molecular flexibility index (Phi) is 1.49. The Morgan fingerprint density at radius 1 is 1.14 bits per heavy atom. The first-order chi connectivity index (χ1) is 3.30. The summed E-state index contributed by atoms with van der Waals surface area (Å²) < 4.78 is 0. The predicted octanol–water partition coefficient (Wildman–Crippen LogP) is 2.01. The topological polar surface area (TPSA) is 0 Å². The maximum atomic E-state index is 2.25. The van der Waals surface area contributed by atoms with Crippen LogP contribution in [0.2, 0.25) is 0 Å². The van der Waals surface area contributed by atoms with E-state index < -0.39 is 0 Å². The van der Waals surface area contributed by atoms with Crippen LogP contribution in [0.25, 0.3) is 0 Å².